The van der Waals surface area contributed by atoms with Crippen LogP contribution in [0.25, 0.3) is 0 Å². The number of carboxylic acid groups (broad SMARTS) is 1. The van der Waals surface area contributed by atoms with Crippen molar-refractivity contribution < 1.29 is 14.6 Å². The summed E-state index contributed by atoms with van der Waals surface area (Å²) in [6, 6.07) is 0. The first-order chi connectivity index (χ1) is 8.09. The van der Waals surface area contributed by atoms with Crippen LogP contribution in [0, 0.1) is 0 Å². The molecule has 17 heavy (non-hydrogen) atoms. The van der Waals surface area contributed by atoms with E-state index < -0.39 is 5.97 Å². The third-order valence-electron chi connectivity index (χ3n) is 2.84. The standard InChI is InChI=1S/C11H16N2O3S/c1-11(3-2-4-16-11)7-12-5-8-6-17-9(13-8)10(14)15/h6,12H,2-5,7H2,1H3,(H,14,15). The summed E-state index contributed by atoms with van der Waals surface area (Å²) in [6.07, 6.45) is 2.18. The zero-order chi connectivity index (χ0) is 12.3. The molecule has 94 valence electrons. The normalized spacial score (nSPS) is 24.1. The number of carbonyl (C=O) groups is 1. The van der Waals surface area contributed by atoms with Crippen LogP contribution in [-0.4, -0.2) is 34.8 Å². The number of rotatable bonds is 5. The molecule has 0 radical (unpaired) electrons. The lowest BCUT2D eigenvalue weighted by Crippen LogP contribution is -2.36. The second kappa shape index (κ2) is 5.12. The fraction of sp³-hybridized carbons (Fsp3) is 0.636. The van der Waals surface area contributed by atoms with Gasteiger partial charge in [-0.25, -0.2) is 9.78 Å². The van der Waals surface area contributed by atoms with Gasteiger partial charge in [-0.3, -0.25) is 0 Å². The molecule has 1 saturated heterocycles. The van der Waals surface area contributed by atoms with E-state index in [4.69, 9.17) is 9.84 Å². The predicted molar refractivity (Wildman–Crippen MR) is 64.4 cm³/mol. The number of carboxylic acids is 1. The first kappa shape index (κ1) is 12.5. The maximum absolute atomic E-state index is 10.7. The van der Waals surface area contributed by atoms with Crippen molar-refractivity contribution in [2.24, 2.45) is 0 Å². The Morgan fingerprint density at radius 1 is 1.76 bits per heavy atom. The van der Waals surface area contributed by atoms with Crippen LogP contribution in [-0.2, 0) is 11.3 Å². The number of ether oxygens (including phenoxy) is 1. The van der Waals surface area contributed by atoms with Crippen molar-refractivity contribution in [1.29, 1.82) is 0 Å². The van der Waals surface area contributed by atoms with Crippen LogP contribution in [0.5, 0.6) is 0 Å². The minimum atomic E-state index is -0.965. The van der Waals surface area contributed by atoms with Gasteiger partial charge in [0.25, 0.3) is 0 Å². The lowest BCUT2D eigenvalue weighted by molar-refractivity contribution is 0.0206. The number of nitrogens with one attached hydrogen (secondary N) is 1. The Morgan fingerprint density at radius 3 is 3.18 bits per heavy atom. The van der Waals surface area contributed by atoms with E-state index in [-0.39, 0.29) is 10.6 Å². The van der Waals surface area contributed by atoms with Crippen LogP contribution < -0.4 is 5.32 Å². The molecule has 1 aromatic rings. The average molecular weight is 256 g/mol. The summed E-state index contributed by atoms with van der Waals surface area (Å²) in [4.78, 5) is 14.7. The first-order valence-electron chi connectivity index (χ1n) is 5.61. The maximum Gasteiger partial charge on any atom is 0.365 e. The van der Waals surface area contributed by atoms with Gasteiger partial charge in [-0.1, -0.05) is 0 Å². The zero-order valence-electron chi connectivity index (χ0n) is 9.73. The molecule has 0 spiro atoms. The SMILES string of the molecule is CC1(CNCc2csc(C(=O)O)n2)CCCO1. The van der Waals surface area contributed by atoms with Gasteiger partial charge in [0, 0.05) is 25.1 Å². The minimum Gasteiger partial charge on any atom is -0.476 e. The lowest BCUT2D eigenvalue weighted by atomic mass is 10.0. The van der Waals surface area contributed by atoms with Crippen molar-refractivity contribution in [2.45, 2.75) is 31.9 Å². The summed E-state index contributed by atoms with van der Waals surface area (Å²) in [5.74, 6) is -0.965. The zero-order valence-corrected chi connectivity index (χ0v) is 10.5. The van der Waals surface area contributed by atoms with E-state index in [1.807, 2.05) is 0 Å². The Hall–Kier alpha value is -0.980. The number of aromatic nitrogens is 1. The third kappa shape index (κ3) is 3.24. The molecule has 6 heteroatoms. The number of thiazole rings is 1. The summed E-state index contributed by atoms with van der Waals surface area (Å²) in [6.45, 7) is 4.28. The second-order valence-electron chi connectivity index (χ2n) is 4.45. The van der Waals surface area contributed by atoms with E-state index in [0.717, 1.165) is 43.0 Å². The Balaban J connectivity index is 1.79. The fourth-order valence-electron chi connectivity index (χ4n) is 1.92. The predicted octanol–water partition coefficient (Wildman–Crippen LogP) is 1.50. The molecule has 5 nitrogen and oxygen atoms in total. The molecule has 2 N–H and O–H groups in total. The van der Waals surface area contributed by atoms with Crippen molar-refractivity contribution in [2.75, 3.05) is 13.2 Å². The molecule has 0 aliphatic carbocycles. The van der Waals surface area contributed by atoms with Gasteiger partial charge >= 0.3 is 5.97 Å². The monoisotopic (exact) mass is 256 g/mol. The summed E-state index contributed by atoms with van der Waals surface area (Å²) < 4.78 is 5.65. The van der Waals surface area contributed by atoms with Crippen LogP contribution >= 0.6 is 11.3 Å². The van der Waals surface area contributed by atoms with E-state index in [9.17, 15) is 4.79 Å². The summed E-state index contributed by atoms with van der Waals surface area (Å²) in [7, 11) is 0. The number of hydrogen-bond acceptors (Lipinski definition) is 5. The second-order valence-corrected chi connectivity index (χ2v) is 5.31. The molecule has 1 fully saturated rings. The molecule has 2 rings (SSSR count). The summed E-state index contributed by atoms with van der Waals surface area (Å²) in [5.41, 5.74) is 0.694. The largest absolute Gasteiger partial charge is 0.476 e. The quantitative estimate of drug-likeness (QED) is 0.835. The molecule has 0 saturated carbocycles. The first-order valence-corrected chi connectivity index (χ1v) is 6.49. The Labute approximate surface area is 104 Å². The van der Waals surface area contributed by atoms with Crippen molar-refractivity contribution in [3.63, 3.8) is 0 Å². The van der Waals surface area contributed by atoms with Crippen molar-refractivity contribution in [3.05, 3.63) is 16.1 Å². The fourth-order valence-corrected chi connectivity index (χ4v) is 2.57. The molecule has 1 unspecified atom stereocenters. The molecule has 0 aromatic carbocycles. The Morgan fingerprint density at radius 2 is 2.59 bits per heavy atom. The topological polar surface area (TPSA) is 71.5 Å². The van der Waals surface area contributed by atoms with E-state index in [1.54, 1.807) is 5.38 Å². The number of aromatic carboxylic acids is 1. The lowest BCUT2D eigenvalue weighted by Gasteiger charge is -2.23. The molecule has 0 bridgehead atoms. The molecule has 0 amide bonds. The van der Waals surface area contributed by atoms with Gasteiger partial charge in [0.2, 0.25) is 5.01 Å². The number of nitrogens with zero attached hydrogens (tertiary/aromatic N) is 1. The van der Waals surface area contributed by atoms with Crippen molar-refractivity contribution in [1.82, 2.24) is 10.3 Å². The highest BCUT2D eigenvalue weighted by Gasteiger charge is 2.29. The third-order valence-corrected chi connectivity index (χ3v) is 3.72. The van der Waals surface area contributed by atoms with Crippen molar-refractivity contribution in [3.8, 4) is 0 Å². The Bertz CT molecular complexity index is 399. The maximum atomic E-state index is 10.7. The van der Waals surface area contributed by atoms with E-state index in [0.29, 0.717) is 6.54 Å². The molecule has 1 aromatic heterocycles. The van der Waals surface area contributed by atoms with E-state index >= 15 is 0 Å². The van der Waals surface area contributed by atoms with Crippen LogP contribution in [0.3, 0.4) is 0 Å². The van der Waals surface area contributed by atoms with Gasteiger partial charge in [-0.15, -0.1) is 11.3 Å². The average Bonchev–Trinajstić information content (AvgIpc) is 2.88. The van der Waals surface area contributed by atoms with E-state index in [1.165, 1.54) is 0 Å². The summed E-state index contributed by atoms with van der Waals surface area (Å²) >= 11 is 1.16. The molecule has 1 aliphatic rings. The number of hydrogen-bond donors (Lipinski definition) is 2. The van der Waals surface area contributed by atoms with Crippen LogP contribution in [0.1, 0.15) is 35.3 Å². The van der Waals surface area contributed by atoms with Gasteiger partial charge in [-0.2, -0.15) is 0 Å². The molecular weight excluding hydrogens is 240 g/mol. The Kier molecular flexibility index (Phi) is 3.76. The van der Waals surface area contributed by atoms with E-state index in [2.05, 4.69) is 17.2 Å². The highest BCUT2D eigenvalue weighted by Crippen LogP contribution is 2.24. The van der Waals surface area contributed by atoms with Gasteiger partial charge < -0.3 is 15.2 Å². The highest BCUT2D eigenvalue weighted by atomic mass is 32.1. The molecule has 1 atom stereocenters. The molecular formula is C11H16N2O3S. The van der Waals surface area contributed by atoms with Gasteiger partial charge in [0.05, 0.1) is 11.3 Å². The van der Waals surface area contributed by atoms with Gasteiger partial charge in [0.15, 0.2) is 0 Å². The molecule has 2 heterocycles. The van der Waals surface area contributed by atoms with Crippen molar-refractivity contribution >= 4 is 17.3 Å². The summed E-state index contributed by atoms with van der Waals surface area (Å²) in [5, 5.41) is 13.9. The minimum absolute atomic E-state index is 0.0777. The highest BCUT2D eigenvalue weighted by molar-refractivity contribution is 7.11. The molecule has 1 aliphatic heterocycles. The van der Waals surface area contributed by atoms with Crippen LogP contribution in [0.15, 0.2) is 5.38 Å². The van der Waals surface area contributed by atoms with Gasteiger partial charge in [-0.05, 0) is 19.8 Å². The van der Waals surface area contributed by atoms with Crippen LogP contribution in [0.4, 0.5) is 0 Å². The smallest absolute Gasteiger partial charge is 0.365 e. The van der Waals surface area contributed by atoms with Gasteiger partial charge in [0.1, 0.15) is 0 Å². The van der Waals surface area contributed by atoms with Crippen LogP contribution in [0.2, 0.25) is 0 Å².